The van der Waals surface area contributed by atoms with Crippen molar-refractivity contribution in [3.05, 3.63) is 24.3 Å². The van der Waals surface area contributed by atoms with Crippen LogP contribution in [0, 0.1) is 23.7 Å². The van der Waals surface area contributed by atoms with Crippen LogP contribution in [0.4, 0.5) is 5.69 Å². The predicted molar refractivity (Wildman–Crippen MR) is 87.4 cm³/mol. The number of hydrogen-bond acceptors (Lipinski definition) is 4. The van der Waals surface area contributed by atoms with Gasteiger partial charge in [-0.15, -0.1) is 0 Å². The van der Waals surface area contributed by atoms with E-state index in [2.05, 4.69) is 21.2 Å². The number of anilines is 1. The molecule has 1 N–H and O–H groups in total. The number of alkyl halides is 1. The standard InChI is InChI=1S/C17H18BrNO4/c1-2-22-9-5-3-8(4-6-9)19-16(20)12-10-7-11-13(12)17(21)23-15(11)14(10)18/h3-6,10-15H,2,7H2,1H3,(H,19,20)/t10-,11+,12-,13-,14+,15-/m0/s1. The van der Waals surface area contributed by atoms with Crippen molar-refractivity contribution in [1.29, 1.82) is 0 Å². The number of nitrogens with one attached hydrogen (secondary N) is 1. The Balaban J connectivity index is 1.50. The number of esters is 1. The van der Waals surface area contributed by atoms with Crippen molar-refractivity contribution in [2.45, 2.75) is 24.3 Å². The minimum atomic E-state index is -0.304. The number of ether oxygens (including phenoxy) is 2. The molecule has 1 heterocycles. The summed E-state index contributed by atoms with van der Waals surface area (Å²) in [5.74, 6) is 0.249. The first-order valence-corrected chi connectivity index (χ1v) is 8.90. The van der Waals surface area contributed by atoms with Gasteiger partial charge in [0.2, 0.25) is 5.91 Å². The van der Waals surface area contributed by atoms with Gasteiger partial charge in [-0.05, 0) is 43.5 Å². The Labute approximate surface area is 142 Å². The van der Waals surface area contributed by atoms with Gasteiger partial charge in [0.15, 0.2) is 0 Å². The first-order valence-electron chi connectivity index (χ1n) is 7.98. The molecule has 6 heteroatoms. The fraction of sp³-hybridized carbons (Fsp3) is 0.529. The molecule has 3 fully saturated rings. The van der Waals surface area contributed by atoms with Gasteiger partial charge in [0.05, 0.1) is 23.3 Å². The molecule has 0 spiro atoms. The maximum Gasteiger partial charge on any atom is 0.310 e. The minimum Gasteiger partial charge on any atom is -0.494 e. The zero-order valence-electron chi connectivity index (χ0n) is 12.7. The minimum absolute atomic E-state index is 0.0490. The average molecular weight is 380 g/mol. The molecule has 3 aliphatic rings. The molecule has 5 nitrogen and oxygen atoms in total. The third-order valence-corrected chi connectivity index (χ3v) is 6.46. The number of halogens is 1. The van der Waals surface area contributed by atoms with Crippen molar-refractivity contribution in [1.82, 2.24) is 0 Å². The van der Waals surface area contributed by atoms with E-state index in [0.29, 0.717) is 6.61 Å². The van der Waals surface area contributed by atoms with Gasteiger partial charge in [0.1, 0.15) is 11.9 Å². The zero-order valence-corrected chi connectivity index (χ0v) is 14.3. The summed E-state index contributed by atoms with van der Waals surface area (Å²) in [7, 11) is 0. The number of carbonyl (C=O) groups excluding carboxylic acids is 2. The van der Waals surface area contributed by atoms with E-state index in [0.717, 1.165) is 17.9 Å². The van der Waals surface area contributed by atoms with Crippen LogP contribution in [0.3, 0.4) is 0 Å². The highest BCUT2D eigenvalue weighted by molar-refractivity contribution is 9.09. The normalized spacial score (nSPS) is 36.9. The van der Waals surface area contributed by atoms with Crippen molar-refractivity contribution < 1.29 is 19.1 Å². The van der Waals surface area contributed by atoms with Gasteiger partial charge in [-0.1, -0.05) is 15.9 Å². The molecule has 1 aromatic rings. The van der Waals surface area contributed by atoms with E-state index >= 15 is 0 Å². The maximum atomic E-state index is 12.7. The number of amides is 1. The topological polar surface area (TPSA) is 64.6 Å². The van der Waals surface area contributed by atoms with Crippen molar-refractivity contribution in [2.75, 3.05) is 11.9 Å². The van der Waals surface area contributed by atoms with Crippen LogP contribution in [0.1, 0.15) is 13.3 Å². The monoisotopic (exact) mass is 379 g/mol. The molecule has 2 saturated carbocycles. The lowest BCUT2D eigenvalue weighted by molar-refractivity contribution is -0.145. The fourth-order valence-electron chi connectivity index (χ4n) is 4.36. The second-order valence-electron chi connectivity index (χ2n) is 6.41. The van der Waals surface area contributed by atoms with Crippen LogP contribution in [-0.4, -0.2) is 29.4 Å². The van der Waals surface area contributed by atoms with E-state index in [1.807, 2.05) is 31.2 Å². The molecular weight excluding hydrogens is 362 g/mol. The second-order valence-corrected chi connectivity index (χ2v) is 7.46. The lowest BCUT2D eigenvalue weighted by Crippen LogP contribution is -2.40. The van der Waals surface area contributed by atoms with Crippen LogP contribution < -0.4 is 10.1 Å². The van der Waals surface area contributed by atoms with Gasteiger partial charge in [0, 0.05) is 11.6 Å². The average Bonchev–Trinajstić information content (AvgIpc) is 3.13. The van der Waals surface area contributed by atoms with E-state index in [1.54, 1.807) is 0 Å². The molecule has 1 amide bonds. The Morgan fingerprint density at radius 3 is 2.78 bits per heavy atom. The third-order valence-electron chi connectivity index (χ3n) is 5.26. The third kappa shape index (κ3) is 2.26. The Morgan fingerprint density at radius 1 is 1.35 bits per heavy atom. The smallest absolute Gasteiger partial charge is 0.310 e. The highest BCUT2D eigenvalue weighted by Gasteiger charge is 2.67. The Bertz CT molecular complexity index is 646. The van der Waals surface area contributed by atoms with Crippen molar-refractivity contribution >= 4 is 33.5 Å². The van der Waals surface area contributed by atoms with E-state index in [9.17, 15) is 9.59 Å². The molecule has 23 heavy (non-hydrogen) atoms. The SMILES string of the molecule is CCOc1ccc(NC(=O)[C@H]2[C@@H]3C[C@H]4[C@H](OC(=O)[C@@H]42)[C@@H]3Br)cc1. The summed E-state index contributed by atoms with van der Waals surface area (Å²) in [6.07, 6.45) is 0.838. The molecule has 0 unspecified atom stereocenters. The molecule has 1 aromatic carbocycles. The molecule has 2 bridgehead atoms. The van der Waals surface area contributed by atoms with E-state index in [4.69, 9.17) is 9.47 Å². The van der Waals surface area contributed by atoms with Crippen LogP contribution in [0.15, 0.2) is 24.3 Å². The predicted octanol–water partition coefficient (Wildman–Crippen LogP) is 2.59. The molecule has 1 saturated heterocycles. The number of benzene rings is 1. The lowest BCUT2D eigenvalue weighted by Gasteiger charge is -2.27. The van der Waals surface area contributed by atoms with Gasteiger partial charge in [0.25, 0.3) is 0 Å². The van der Waals surface area contributed by atoms with Crippen LogP contribution in [0.5, 0.6) is 5.75 Å². The largest absolute Gasteiger partial charge is 0.494 e. The summed E-state index contributed by atoms with van der Waals surface area (Å²) >= 11 is 3.62. The van der Waals surface area contributed by atoms with Gasteiger partial charge in [-0.2, -0.15) is 0 Å². The molecule has 6 atom stereocenters. The highest BCUT2D eigenvalue weighted by Crippen LogP contribution is 2.60. The van der Waals surface area contributed by atoms with Crippen molar-refractivity contribution in [3.8, 4) is 5.75 Å². The number of fused-ring (bicyclic) bond motifs is 1. The van der Waals surface area contributed by atoms with Gasteiger partial charge in [-0.3, -0.25) is 9.59 Å². The first-order chi connectivity index (χ1) is 11.1. The quantitative estimate of drug-likeness (QED) is 0.644. The van der Waals surface area contributed by atoms with E-state index < -0.39 is 0 Å². The zero-order chi connectivity index (χ0) is 16.1. The van der Waals surface area contributed by atoms with Crippen molar-refractivity contribution in [3.63, 3.8) is 0 Å². The fourth-order valence-corrected chi connectivity index (χ4v) is 5.40. The van der Waals surface area contributed by atoms with Gasteiger partial charge < -0.3 is 14.8 Å². The summed E-state index contributed by atoms with van der Waals surface area (Å²) < 4.78 is 10.8. The molecule has 0 aromatic heterocycles. The molecular formula is C17H18BrNO4. The Hall–Kier alpha value is -1.56. The molecule has 0 radical (unpaired) electrons. The molecule has 4 rings (SSSR count). The number of rotatable bonds is 4. The van der Waals surface area contributed by atoms with Crippen LogP contribution in [0.2, 0.25) is 0 Å². The van der Waals surface area contributed by atoms with Gasteiger partial charge >= 0.3 is 5.97 Å². The van der Waals surface area contributed by atoms with Crippen LogP contribution in [0.25, 0.3) is 0 Å². The molecule has 2 aliphatic carbocycles. The summed E-state index contributed by atoms with van der Waals surface area (Å²) in [6.45, 7) is 2.53. The second kappa shape index (κ2) is 5.51. The molecule has 1 aliphatic heterocycles. The summed E-state index contributed by atoms with van der Waals surface area (Å²) in [5, 5.41) is 2.94. The summed E-state index contributed by atoms with van der Waals surface area (Å²) in [5.41, 5.74) is 0.718. The maximum absolute atomic E-state index is 12.7. The van der Waals surface area contributed by atoms with E-state index in [-0.39, 0.29) is 46.5 Å². The summed E-state index contributed by atoms with van der Waals surface area (Å²) in [4.78, 5) is 24.9. The lowest BCUT2D eigenvalue weighted by atomic mass is 9.79. The number of carbonyl (C=O) groups is 2. The van der Waals surface area contributed by atoms with E-state index in [1.165, 1.54) is 0 Å². The Morgan fingerprint density at radius 2 is 2.09 bits per heavy atom. The highest BCUT2D eigenvalue weighted by atomic mass is 79.9. The first kappa shape index (κ1) is 15.0. The van der Waals surface area contributed by atoms with Crippen LogP contribution >= 0.6 is 15.9 Å². The summed E-state index contributed by atoms with van der Waals surface area (Å²) in [6, 6.07) is 7.29. The van der Waals surface area contributed by atoms with Gasteiger partial charge in [-0.25, -0.2) is 0 Å². The van der Waals surface area contributed by atoms with Crippen LogP contribution in [-0.2, 0) is 14.3 Å². The Kier molecular flexibility index (Phi) is 3.59. The number of hydrogen-bond donors (Lipinski definition) is 1. The molecule has 122 valence electrons. The van der Waals surface area contributed by atoms with Crippen molar-refractivity contribution in [2.24, 2.45) is 23.7 Å².